The van der Waals surface area contributed by atoms with Crippen LogP contribution >= 0.6 is 23.2 Å². The number of amides is 3. The van der Waals surface area contributed by atoms with Crippen molar-refractivity contribution in [1.82, 2.24) is 10.3 Å². The highest BCUT2D eigenvalue weighted by atomic mass is 35.5. The number of nitrogens with zero attached hydrogens (tertiary/aromatic N) is 1. The van der Waals surface area contributed by atoms with Crippen molar-refractivity contribution in [3.05, 3.63) is 76.5 Å². The van der Waals surface area contributed by atoms with Gasteiger partial charge in [-0.25, -0.2) is 0 Å². The highest BCUT2D eigenvalue weighted by Gasteiger charge is 2.11. The molecule has 10 heteroatoms. The summed E-state index contributed by atoms with van der Waals surface area (Å²) in [4.78, 5) is 39.8. The lowest BCUT2D eigenvalue weighted by Gasteiger charge is -2.09. The van der Waals surface area contributed by atoms with Gasteiger partial charge in [-0.05, 0) is 48.5 Å². The van der Waals surface area contributed by atoms with E-state index in [0.29, 0.717) is 32.9 Å². The second-order valence-electron chi connectivity index (χ2n) is 6.48. The molecule has 0 aliphatic carbocycles. The van der Waals surface area contributed by atoms with E-state index in [0.717, 1.165) is 0 Å². The Morgan fingerprint density at radius 2 is 1.50 bits per heavy atom. The largest absolute Gasteiger partial charge is 0.457 e. The minimum atomic E-state index is -0.495. The minimum absolute atomic E-state index is 0.230. The van der Waals surface area contributed by atoms with E-state index in [1.54, 1.807) is 42.5 Å². The molecule has 0 spiro atoms. The molecule has 3 rings (SSSR count). The summed E-state index contributed by atoms with van der Waals surface area (Å²) in [5.74, 6) is -0.369. The van der Waals surface area contributed by atoms with Crippen molar-refractivity contribution in [3.63, 3.8) is 0 Å². The highest BCUT2D eigenvalue weighted by Crippen LogP contribution is 2.25. The van der Waals surface area contributed by atoms with Crippen LogP contribution in [0.1, 0.15) is 16.9 Å². The van der Waals surface area contributed by atoms with Gasteiger partial charge in [0, 0.05) is 30.7 Å². The standard InChI is InChI=1S/C22H18Cl2N4O4/c1-25-22(31)19-11-16(8-9-26-19)32-15-5-2-13(3-6-15)27-20(29)12-21(30)28-14-4-7-17(23)18(24)10-14/h2-11H,12H2,1H3,(H,25,31)(H,27,29)(H,28,30). The van der Waals surface area contributed by atoms with Crippen LogP contribution in [0.3, 0.4) is 0 Å². The first kappa shape index (κ1) is 23.1. The van der Waals surface area contributed by atoms with E-state index < -0.39 is 11.8 Å². The van der Waals surface area contributed by atoms with Crippen LogP contribution in [0.4, 0.5) is 11.4 Å². The zero-order valence-corrected chi connectivity index (χ0v) is 18.3. The van der Waals surface area contributed by atoms with Crippen LogP contribution in [0.15, 0.2) is 60.8 Å². The number of aromatic nitrogens is 1. The summed E-state index contributed by atoms with van der Waals surface area (Å²) in [6.07, 6.45) is 1.09. The molecular formula is C22H18Cl2N4O4. The zero-order valence-electron chi connectivity index (χ0n) is 16.8. The van der Waals surface area contributed by atoms with Crippen LogP contribution in [0.5, 0.6) is 11.5 Å². The number of rotatable bonds is 7. The SMILES string of the molecule is CNC(=O)c1cc(Oc2ccc(NC(=O)CC(=O)Nc3ccc(Cl)c(Cl)c3)cc2)ccn1. The Balaban J connectivity index is 1.53. The van der Waals surface area contributed by atoms with Crippen molar-refractivity contribution in [3.8, 4) is 11.5 Å². The fraction of sp³-hybridized carbons (Fsp3) is 0.0909. The topological polar surface area (TPSA) is 109 Å². The van der Waals surface area contributed by atoms with E-state index in [1.165, 1.54) is 25.4 Å². The highest BCUT2D eigenvalue weighted by molar-refractivity contribution is 6.42. The summed E-state index contributed by atoms with van der Waals surface area (Å²) >= 11 is 11.7. The Labute approximate surface area is 193 Å². The molecule has 0 aliphatic heterocycles. The number of benzene rings is 2. The number of pyridine rings is 1. The molecular weight excluding hydrogens is 455 g/mol. The first-order chi connectivity index (χ1) is 15.3. The Morgan fingerprint density at radius 3 is 2.16 bits per heavy atom. The van der Waals surface area contributed by atoms with Gasteiger partial charge in [0.05, 0.1) is 10.0 Å². The molecule has 0 saturated heterocycles. The number of carbonyl (C=O) groups is 3. The predicted octanol–water partition coefficient (Wildman–Crippen LogP) is 4.51. The molecule has 0 unspecified atom stereocenters. The summed E-state index contributed by atoms with van der Waals surface area (Å²) in [6, 6.07) is 14.3. The Bertz CT molecular complexity index is 1150. The van der Waals surface area contributed by atoms with E-state index in [1.807, 2.05) is 0 Å². The van der Waals surface area contributed by atoms with Gasteiger partial charge in [-0.3, -0.25) is 19.4 Å². The normalized spacial score (nSPS) is 10.2. The van der Waals surface area contributed by atoms with Crippen LogP contribution < -0.4 is 20.7 Å². The molecule has 32 heavy (non-hydrogen) atoms. The predicted molar refractivity (Wildman–Crippen MR) is 122 cm³/mol. The van der Waals surface area contributed by atoms with Gasteiger partial charge >= 0.3 is 0 Å². The number of halogens is 2. The maximum absolute atomic E-state index is 12.1. The number of carbonyl (C=O) groups excluding carboxylic acids is 3. The molecule has 3 N–H and O–H groups in total. The van der Waals surface area contributed by atoms with Crippen LogP contribution in [0.25, 0.3) is 0 Å². The number of ether oxygens (including phenoxy) is 1. The molecule has 3 aromatic rings. The molecule has 8 nitrogen and oxygen atoms in total. The Hall–Kier alpha value is -3.62. The molecule has 164 valence electrons. The number of anilines is 2. The first-order valence-corrected chi connectivity index (χ1v) is 10.1. The molecule has 1 heterocycles. The second-order valence-corrected chi connectivity index (χ2v) is 7.30. The third kappa shape index (κ3) is 6.44. The molecule has 0 saturated carbocycles. The molecule has 1 aromatic heterocycles. The summed E-state index contributed by atoms with van der Waals surface area (Å²) in [5, 5.41) is 8.38. The quantitative estimate of drug-likeness (QED) is 0.438. The average Bonchev–Trinajstić information content (AvgIpc) is 2.77. The van der Waals surface area contributed by atoms with Crippen molar-refractivity contribution in [2.45, 2.75) is 6.42 Å². The van der Waals surface area contributed by atoms with Crippen LogP contribution in [-0.4, -0.2) is 29.8 Å². The molecule has 2 aromatic carbocycles. The lowest BCUT2D eigenvalue weighted by atomic mass is 10.2. The van der Waals surface area contributed by atoms with E-state index in [4.69, 9.17) is 27.9 Å². The average molecular weight is 473 g/mol. The monoisotopic (exact) mass is 472 g/mol. The van der Waals surface area contributed by atoms with E-state index in [9.17, 15) is 14.4 Å². The number of nitrogens with one attached hydrogen (secondary N) is 3. The Morgan fingerprint density at radius 1 is 0.844 bits per heavy atom. The van der Waals surface area contributed by atoms with Crippen molar-refractivity contribution in [2.75, 3.05) is 17.7 Å². The van der Waals surface area contributed by atoms with Gasteiger partial charge in [0.25, 0.3) is 5.91 Å². The van der Waals surface area contributed by atoms with Crippen molar-refractivity contribution < 1.29 is 19.1 Å². The lowest BCUT2D eigenvalue weighted by molar-refractivity contribution is -0.123. The number of hydrogen-bond acceptors (Lipinski definition) is 5. The van der Waals surface area contributed by atoms with Gasteiger partial charge in [0.2, 0.25) is 11.8 Å². The van der Waals surface area contributed by atoms with Gasteiger partial charge < -0.3 is 20.7 Å². The zero-order chi connectivity index (χ0) is 23.1. The molecule has 0 aliphatic rings. The first-order valence-electron chi connectivity index (χ1n) is 9.35. The van der Waals surface area contributed by atoms with Gasteiger partial charge in [0.1, 0.15) is 23.6 Å². The molecule has 0 radical (unpaired) electrons. The maximum atomic E-state index is 12.1. The van der Waals surface area contributed by atoms with E-state index in [2.05, 4.69) is 20.9 Å². The molecule has 3 amide bonds. The van der Waals surface area contributed by atoms with Crippen molar-refractivity contribution in [1.29, 1.82) is 0 Å². The molecule has 0 fully saturated rings. The number of hydrogen-bond donors (Lipinski definition) is 3. The summed E-state index contributed by atoms with van der Waals surface area (Å²) in [6.45, 7) is 0. The van der Waals surface area contributed by atoms with Crippen LogP contribution in [-0.2, 0) is 9.59 Å². The van der Waals surface area contributed by atoms with Gasteiger partial charge in [-0.1, -0.05) is 23.2 Å². The summed E-state index contributed by atoms with van der Waals surface area (Å²) in [5.41, 5.74) is 1.16. The van der Waals surface area contributed by atoms with Crippen molar-refractivity contribution >= 4 is 52.3 Å². The van der Waals surface area contributed by atoms with Crippen LogP contribution in [0.2, 0.25) is 10.0 Å². The lowest BCUT2D eigenvalue weighted by Crippen LogP contribution is -2.21. The van der Waals surface area contributed by atoms with E-state index >= 15 is 0 Å². The molecule has 0 atom stereocenters. The van der Waals surface area contributed by atoms with Crippen molar-refractivity contribution in [2.24, 2.45) is 0 Å². The smallest absolute Gasteiger partial charge is 0.269 e. The molecule has 0 bridgehead atoms. The fourth-order valence-electron chi connectivity index (χ4n) is 2.60. The second kappa shape index (κ2) is 10.6. The third-order valence-electron chi connectivity index (χ3n) is 4.09. The summed E-state index contributed by atoms with van der Waals surface area (Å²) in [7, 11) is 1.52. The summed E-state index contributed by atoms with van der Waals surface area (Å²) < 4.78 is 5.71. The van der Waals surface area contributed by atoms with Gasteiger partial charge in [-0.15, -0.1) is 0 Å². The van der Waals surface area contributed by atoms with E-state index in [-0.39, 0.29) is 18.0 Å². The Kier molecular flexibility index (Phi) is 7.64. The third-order valence-corrected chi connectivity index (χ3v) is 4.83. The van der Waals surface area contributed by atoms with Crippen LogP contribution in [0, 0.1) is 0 Å². The minimum Gasteiger partial charge on any atom is -0.457 e. The maximum Gasteiger partial charge on any atom is 0.269 e. The fourth-order valence-corrected chi connectivity index (χ4v) is 2.90. The van der Waals surface area contributed by atoms with Gasteiger partial charge in [0.15, 0.2) is 0 Å². The van der Waals surface area contributed by atoms with Gasteiger partial charge in [-0.2, -0.15) is 0 Å².